The van der Waals surface area contributed by atoms with Crippen LogP contribution in [0.4, 0.5) is 0 Å². The van der Waals surface area contributed by atoms with Crippen molar-refractivity contribution in [2.75, 3.05) is 6.61 Å². The van der Waals surface area contributed by atoms with E-state index in [0.29, 0.717) is 0 Å². The molecule has 2 atom stereocenters. The highest BCUT2D eigenvalue weighted by Crippen LogP contribution is 2.28. The molecule has 14 heavy (non-hydrogen) atoms. The van der Waals surface area contributed by atoms with Gasteiger partial charge in [0.2, 0.25) is 0 Å². The first-order chi connectivity index (χ1) is 6.73. The first-order valence-electron chi connectivity index (χ1n) is 5.22. The zero-order valence-corrected chi connectivity index (χ0v) is 9.10. The van der Waals surface area contributed by atoms with Crippen molar-refractivity contribution in [3.8, 4) is 11.8 Å². The highest BCUT2D eigenvalue weighted by Gasteiger charge is 2.35. The van der Waals surface area contributed by atoms with Gasteiger partial charge in [0.15, 0.2) is 0 Å². The average Bonchev–Trinajstić information content (AvgIpc) is 2.20. The maximum Gasteiger partial charge on any atom is 0.0829 e. The maximum atomic E-state index is 5.81. The number of nitrogens with one attached hydrogen (secondary N) is 1. The summed E-state index contributed by atoms with van der Waals surface area (Å²) < 4.78 is 5.81. The third kappa shape index (κ3) is 2.71. The molecule has 3 heteroatoms. The fourth-order valence-electron chi connectivity index (χ4n) is 1.89. The Kier molecular flexibility index (Phi) is 4.40. The number of hydrogen-bond acceptors (Lipinski definition) is 3. The van der Waals surface area contributed by atoms with Crippen LogP contribution in [0.2, 0.25) is 0 Å². The molecule has 0 radical (unpaired) electrons. The van der Waals surface area contributed by atoms with Gasteiger partial charge in [0.1, 0.15) is 0 Å². The zero-order valence-electron chi connectivity index (χ0n) is 9.10. The van der Waals surface area contributed by atoms with Crippen molar-refractivity contribution in [3.63, 3.8) is 0 Å². The van der Waals surface area contributed by atoms with Gasteiger partial charge in [-0.1, -0.05) is 0 Å². The Hall–Kier alpha value is -0.560. The van der Waals surface area contributed by atoms with Gasteiger partial charge >= 0.3 is 0 Å². The van der Waals surface area contributed by atoms with Crippen LogP contribution < -0.4 is 11.3 Å². The fraction of sp³-hybridized carbons (Fsp3) is 0.818. The predicted molar refractivity (Wildman–Crippen MR) is 57.4 cm³/mol. The van der Waals surface area contributed by atoms with Crippen LogP contribution in [0.15, 0.2) is 0 Å². The normalized spacial score (nSPS) is 29.1. The van der Waals surface area contributed by atoms with Crippen LogP contribution in [0.25, 0.3) is 0 Å². The molecule has 0 aromatic heterocycles. The van der Waals surface area contributed by atoms with E-state index in [9.17, 15) is 0 Å². The number of hydrazine groups is 1. The van der Waals surface area contributed by atoms with Crippen molar-refractivity contribution in [2.45, 2.75) is 51.2 Å². The molecule has 3 nitrogen and oxygen atoms in total. The van der Waals surface area contributed by atoms with E-state index in [-0.39, 0.29) is 11.6 Å². The van der Waals surface area contributed by atoms with Crippen LogP contribution in [0.1, 0.15) is 39.5 Å². The van der Waals surface area contributed by atoms with Crippen molar-refractivity contribution in [1.29, 1.82) is 0 Å². The molecule has 3 N–H and O–H groups in total. The fourth-order valence-corrected chi connectivity index (χ4v) is 1.89. The molecule has 0 saturated carbocycles. The van der Waals surface area contributed by atoms with E-state index in [1.54, 1.807) is 0 Å². The second-order valence-corrected chi connectivity index (χ2v) is 3.97. The number of nitrogens with two attached hydrogens (primary N) is 1. The van der Waals surface area contributed by atoms with E-state index in [1.807, 2.05) is 6.92 Å². The summed E-state index contributed by atoms with van der Waals surface area (Å²) in [5.41, 5.74) is 2.68. The maximum absolute atomic E-state index is 5.81. The Morgan fingerprint density at radius 1 is 1.57 bits per heavy atom. The largest absolute Gasteiger partial charge is 0.374 e. The summed E-state index contributed by atoms with van der Waals surface area (Å²) in [7, 11) is 0. The van der Waals surface area contributed by atoms with Crippen LogP contribution in [0.3, 0.4) is 0 Å². The molecule has 0 spiro atoms. The Labute approximate surface area is 86.4 Å². The molecular weight excluding hydrogens is 176 g/mol. The molecule has 0 aliphatic carbocycles. The smallest absolute Gasteiger partial charge is 0.0829 e. The lowest BCUT2D eigenvalue weighted by atomic mass is 9.87. The third-order valence-electron chi connectivity index (χ3n) is 2.92. The second-order valence-electron chi connectivity index (χ2n) is 3.97. The van der Waals surface area contributed by atoms with E-state index >= 15 is 0 Å². The minimum absolute atomic E-state index is 0.134. The molecule has 0 amide bonds. The van der Waals surface area contributed by atoms with E-state index in [2.05, 4.69) is 24.2 Å². The highest BCUT2D eigenvalue weighted by atomic mass is 16.5. The van der Waals surface area contributed by atoms with Gasteiger partial charge < -0.3 is 4.74 Å². The van der Waals surface area contributed by atoms with Gasteiger partial charge in [-0.25, -0.2) is 0 Å². The molecule has 1 fully saturated rings. The van der Waals surface area contributed by atoms with E-state index in [4.69, 9.17) is 10.6 Å². The number of rotatable bonds is 3. The lowest BCUT2D eigenvalue weighted by Gasteiger charge is -2.39. The van der Waals surface area contributed by atoms with Crippen LogP contribution in [0.5, 0.6) is 0 Å². The molecule has 0 bridgehead atoms. The lowest BCUT2D eigenvalue weighted by molar-refractivity contribution is -0.0875. The Balaban J connectivity index is 2.58. The molecule has 1 saturated heterocycles. The topological polar surface area (TPSA) is 47.3 Å². The summed E-state index contributed by atoms with van der Waals surface area (Å²) in [6, 6.07) is 0.134. The molecule has 80 valence electrons. The van der Waals surface area contributed by atoms with Gasteiger partial charge in [-0.15, -0.1) is 11.8 Å². The Morgan fingerprint density at radius 2 is 2.36 bits per heavy atom. The first kappa shape index (κ1) is 11.5. The number of ether oxygens (including phenoxy) is 1. The molecule has 1 aliphatic rings. The highest BCUT2D eigenvalue weighted by molar-refractivity contribution is 5.03. The molecular formula is C11H20N2O. The van der Waals surface area contributed by atoms with Gasteiger partial charge in [0.25, 0.3) is 0 Å². The Morgan fingerprint density at radius 3 is 2.86 bits per heavy atom. The molecule has 0 aromatic rings. The average molecular weight is 196 g/mol. The SMILES string of the molecule is CC#CCC(NN)C1(C)CCCCO1. The predicted octanol–water partition coefficient (Wildman–Crippen LogP) is 1.19. The third-order valence-corrected chi connectivity index (χ3v) is 2.92. The van der Waals surface area contributed by atoms with Gasteiger partial charge in [-0.3, -0.25) is 11.3 Å². The molecule has 2 unspecified atom stereocenters. The van der Waals surface area contributed by atoms with Crippen molar-refractivity contribution < 1.29 is 4.74 Å². The van der Waals surface area contributed by atoms with Crippen molar-refractivity contribution in [3.05, 3.63) is 0 Å². The quantitative estimate of drug-likeness (QED) is 0.405. The molecule has 1 rings (SSSR count). The van der Waals surface area contributed by atoms with Gasteiger partial charge in [0.05, 0.1) is 11.6 Å². The zero-order chi connectivity index (χ0) is 10.4. The van der Waals surface area contributed by atoms with Crippen LogP contribution in [-0.2, 0) is 4.74 Å². The number of hydrogen-bond donors (Lipinski definition) is 2. The minimum Gasteiger partial charge on any atom is -0.374 e. The second kappa shape index (κ2) is 5.35. The van der Waals surface area contributed by atoms with Crippen LogP contribution >= 0.6 is 0 Å². The van der Waals surface area contributed by atoms with Gasteiger partial charge in [0, 0.05) is 13.0 Å². The van der Waals surface area contributed by atoms with E-state index in [0.717, 1.165) is 25.9 Å². The Bertz CT molecular complexity index is 223. The summed E-state index contributed by atoms with van der Waals surface area (Å²) in [6.07, 6.45) is 4.19. The van der Waals surface area contributed by atoms with Crippen molar-refractivity contribution in [2.24, 2.45) is 5.84 Å². The minimum atomic E-state index is -0.142. The monoisotopic (exact) mass is 196 g/mol. The van der Waals surface area contributed by atoms with E-state index in [1.165, 1.54) is 6.42 Å². The summed E-state index contributed by atoms with van der Waals surface area (Å²) in [5.74, 6) is 11.5. The lowest BCUT2D eigenvalue weighted by Crippen LogP contribution is -2.54. The van der Waals surface area contributed by atoms with Gasteiger partial charge in [-0.05, 0) is 33.1 Å². The molecule has 0 aromatic carbocycles. The molecule has 1 heterocycles. The van der Waals surface area contributed by atoms with E-state index < -0.39 is 0 Å². The first-order valence-corrected chi connectivity index (χ1v) is 5.22. The van der Waals surface area contributed by atoms with Crippen molar-refractivity contribution in [1.82, 2.24) is 5.43 Å². The summed E-state index contributed by atoms with van der Waals surface area (Å²) >= 11 is 0. The molecule has 1 aliphatic heterocycles. The van der Waals surface area contributed by atoms with Crippen molar-refractivity contribution >= 4 is 0 Å². The van der Waals surface area contributed by atoms with Crippen LogP contribution in [-0.4, -0.2) is 18.2 Å². The van der Waals surface area contributed by atoms with Crippen LogP contribution in [0, 0.1) is 11.8 Å². The summed E-state index contributed by atoms with van der Waals surface area (Å²) in [5, 5.41) is 0. The summed E-state index contributed by atoms with van der Waals surface area (Å²) in [6.45, 7) is 4.81. The standard InChI is InChI=1S/C11H20N2O/c1-3-4-7-10(13-12)11(2)8-5-6-9-14-11/h10,13H,5-9,12H2,1-2H3. The van der Waals surface area contributed by atoms with Gasteiger partial charge in [-0.2, -0.15) is 0 Å². The summed E-state index contributed by atoms with van der Waals surface area (Å²) in [4.78, 5) is 0.